The Hall–Kier alpha value is -1.72. The van der Waals surface area contributed by atoms with Crippen LogP contribution in [0.3, 0.4) is 0 Å². The Labute approximate surface area is 119 Å². The maximum atomic E-state index is 13.0. The molecule has 0 amide bonds. The summed E-state index contributed by atoms with van der Waals surface area (Å²) in [5.74, 6) is -0.230. The Morgan fingerprint density at radius 1 is 1.35 bits per heavy atom. The zero-order valence-corrected chi connectivity index (χ0v) is 12.1. The monoisotopic (exact) mass is 276 g/mol. The number of aryl methyl sites for hydroxylation is 1. The third-order valence-electron chi connectivity index (χ3n) is 3.37. The third-order valence-corrected chi connectivity index (χ3v) is 3.37. The van der Waals surface area contributed by atoms with Crippen LogP contribution in [0.2, 0.25) is 0 Å². The van der Waals surface area contributed by atoms with E-state index in [1.54, 1.807) is 16.8 Å². The lowest BCUT2D eigenvalue weighted by Gasteiger charge is -2.31. The molecule has 0 aliphatic rings. The SMILES string of the molecule is CC(N)C(c1ccc(F)cc1)N(C)Cc1cnn(C)c1. The topological polar surface area (TPSA) is 47.1 Å². The minimum atomic E-state index is -0.230. The molecule has 2 rings (SSSR count). The molecule has 0 saturated heterocycles. The minimum Gasteiger partial charge on any atom is -0.326 e. The second-order valence-electron chi connectivity index (χ2n) is 5.29. The fourth-order valence-corrected chi connectivity index (χ4v) is 2.56. The van der Waals surface area contributed by atoms with Gasteiger partial charge in [0, 0.05) is 37.4 Å². The minimum absolute atomic E-state index is 0.0378. The van der Waals surface area contributed by atoms with E-state index in [2.05, 4.69) is 10.00 Å². The Morgan fingerprint density at radius 2 is 2.00 bits per heavy atom. The summed E-state index contributed by atoms with van der Waals surface area (Å²) in [6, 6.07) is 6.52. The number of benzene rings is 1. The van der Waals surface area contributed by atoms with Crippen molar-refractivity contribution in [1.82, 2.24) is 14.7 Å². The van der Waals surface area contributed by atoms with Gasteiger partial charge in [-0.25, -0.2) is 4.39 Å². The molecule has 0 fully saturated rings. The number of hydrogen-bond donors (Lipinski definition) is 1. The summed E-state index contributed by atoms with van der Waals surface area (Å²) in [7, 11) is 3.91. The van der Waals surface area contributed by atoms with Crippen LogP contribution < -0.4 is 5.73 Å². The first-order valence-electron chi connectivity index (χ1n) is 6.66. The molecule has 2 atom stereocenters. The van der Waals surface area contributed by atoms with E-state index >= 15 is 0 Å². The highest BCUT2D eigenvalue weighted by atomic mass is 19.1. The fourth-order valence-electron chi connectivity index (χ4n) is 2.56. The molecule has 0 bridgehead atoms. The van der Waals surface area contributed by atoms with Gasteiger partial charge in [-0.15, -0.1) is 0 Å². The smallest absolute Gasteiger partial charge is 0.123 e. The molecule has 2 aromatic rings. The average Bonchev–Trinajstić information content (AvgIpc) is 2.77. The second kappa shape index (κ2) is 6.15. The number of rotatable bonds is 5. The standard InChI is InChI=1S/C15H21FN4/c1-11(17)15(13-4-6-14(16)7-5-13)19(2)9-12-8-18-20(3)10-12/h4-8,10-11,15H,9,17H2,1-3H3. The average molecular weight is 276 g/mol. The van der Waals surface area contributed by atoms with Crippen molar-refractivity contribution in [2.24, 2.45) is 12.8 Å². The fraction of sp³-hybridized carbons (Fsp3) is 0.400. The number of nitrogens with zero attached hydrogens (tertiary/aromatic N) is 3. The lowest BCUT2D eigenvalue weighted by Crippen LogP contribution is -2.36. The van der Waals surface area contributed by atoms with E-state index in [1.807, 2.05) is 33.4 Å². The summed E-state index contributed by atoms with van der Waals surface area (Å²) >= 11 is 0. The highest BCUT2D eigenvalue weighted by Crippen LogP contribution is 2.24. The molecule has 2 unspecified atom stereocenters. The van der Waals surface area contributed by atoms with Crippen LogP contribution in [0.1, 0.15) is 24.1 Å². The van der Waals surface area contributed by atoms with Gasteiger partial charge in [0.15, 0.2) is 0 Å². The normalized spacial score (nSPS) is 14.5. The second-order valence-corrected chi connectivity index (χ2v) is 5.29. The van der Waals surface area contributed by atoms with E-state index in [0.717, 1.165) is 17.7 Å². The number of nitrogens with two attached hydrogens (primary N) is 1. The highest BCUT2D eigenvalue weighted by molar-refractivity contribution is 5.21. The van der Waals surface area contributed by atoms with Crippen LogP contribution in [0, 0.1) is 5.82 Å². The van der Waals surface area contributed by atoms with Crippen molar-refractivity contribution >= 4 is 0 Å². The molecule has 0 radical (unpaired) electrons. The van der Waals surface area contributed by atoms with Crippen molar-refractivity contribution in [2.45, 2.75) is 25.6 Å². The van der Waals surface area contributed by atoms with Crippen LogP contribution in [-0.4, -0.2) is 27.8 Å². The van der Waals surface area contributed by atoms with Crippen LogP contribution in [0.5, 0.6) is 0 Å². The summed E-state index contributed by atoms with van der Waals surface area (Å²) in [5, 5.41) is 4.17. The van der Waals surface area contributed by atoms with Crippen molar-refractivity contribution in [1.29, 1.82) is 0 Å². The summed E-state index contributed by atoms with van der Waals surface area (Å²) in [5.41, 5.74) is 8.26. The highest BCUT2D eigenvalue weighted by Gasteiger charge is 2.21. The first kappa shape index (κ1) is 14.7. The maximum absolute atomic E-state index is 13.0. The molecule has 0 spiro atoms. The van der Waals surface area contributed by atoms with Crippen LogP contribution in [0.4, 0.5) is 4.39 Å². The molecule has 0 saturated carbocycles. The molecule has 5 heteroatoms. The first-order valence-corrected chi connectivity index (χ1v) is 6.66. The number of halogens is 1. The molecule has 108 valence electrons. The lowest BCUT2D eigenvalue weighted by atomic mass is 9.99. The molecule has 20 heavy (non-hydrogen) atoms. The molecule has 1 aromatic carbocycles. The zero-order valence-electron chi connectivity index (χ0n) is 12.1. The van der Waals surface area contributed by atoms with Crippen LogP contribution >= 0.6 is 0 Å². The van der Waals surface area contributed by atoms with E-state index in [1.165, 1.54) is 12.1 Å². The van der Waals surface area contributed by atoms with Crippen molar-refractivity contribution in [3.8, 4) is 0 Å². The summed E-state index contributed by atoms with van der Waals surface area (Å²) in [6.45, 7) is 2.71. The van der Waals surface area contributed by atoms with Gasteiger partial charge in [0.2, 0.25) is 0 Å². The Bertz CT molecular complexity index is 547. The maximum Gasteiger partial charge on any atom is 0.123 e. The molecular weight excluding hydrogens is 255 g/mol. The van der Waals surface area contributed by atoms with Gasteiger partial charge in [0.25, 0.3) is 0 Å². The molecule has 1 aromatic heterocycles. The molecule has 0 aliphatic heterocycles. The number of likely N-dealkylation sites (N-methyl/N-ethyl adjacent to an activating group) is 1. The molecular formula is C15H21FN4. The van der Waals surface area contributed by atoms with Crippen LogP contribution in [-0.2, 0) is 13.6 Å². The van der Waals surface area contributed by atoms with Gasteiger partial charge in [-0.2, -0.15) is 5.10 Å². The predicted octanol–water partition coefficient (Wildman–Crippen LogP) is 2.08. The van der Waals surface area contributed by atoms with E-state index in [-0.39, 0.29) is 17.9 Å². The van der Waals surface area contributed by atoms with Crippen molar-refractivity contribution in [3.63, 3.8) is 0 Å². The van der Waals surface area contributed by atoms with Crippen LogP contribution in [0.25, 0.3) is 0 Å². The molecule has 0 aliphatic carbocycles. The summed E-state index contributed by atoms with van der Waals surface area (Å²) < 4.78 is 14.8. The largest absolute Gasteiger partial charge is 0.326 e. The Morgan fingerprint density at radius 3 is 2.50 bits per heavy atom. The van der Waals surface area contributed by atoms with Crippen molar-refractivity contribution < 1.29 is 4.39 Å². The van der Waals surface area contributed by atoms with Gasteiger partial charge in [0.1, 0.15) is 5.82 Å². The molecule has 1 heterocycles. The van der Waals surface area contributed by atoms with Gasteiger partial charge in [-0.05, 0) is 31.7 Å². The predicted molar refractivity (Wildman–Crippen MR) is 77.5 cm³/mol. The summed E-state index contributed by atoms with van der Waals surface area (Å²) in [6.07, 6.45) is 3.83. The molecule has 4 nitrogen and oxygen atoms in total. The van der Waals surface area contributed by atoms with Gasteiger partial charge in [0.05, 0.1) is 6.20 Å². The number of aromatic nitrogens is 2. The van der Waals surface area contributed by atoms with Crippen LogP contribution in [0.15, 0.2) is 36.7 Å². The van der Waals surface area contributed by atoms with Crippen molar-refractivity contribution in [3.05, 3.63) is 53.6 Å². The van der Waals surface area contributed by atoms with Crippen molar-refractivity contribution in [2.75, 3.05) is 7.05 Å². The van der Waals surface area contributed by atoms with E-state index in [9.17, 15) is 4.39 Å². The Balaban J connectivity index is 2.17. The first-order chi connectivity index (χ1) is 9.47. The Kier molecular flexibility index (Phi) is 4.52. The lowest BCUT2D eigenvalue weighted by molar-refractivity contribution is 0.211. The quantitative estimate of drug-likeness (QED) is 0.909. The zero-order chi connectivity index (χ0) is 14.7. The van der Waals surface area contributed by atoms with Gasteiger partial charge in [-0.1, -0.05) is 12.1 Å². The molecule has 2 N–H and O–H groups in total. The van der Waals surface area contributed by atoms with E-state index < -0.39 is 0 Å². The van der Waals surface area contributed by atoms with E-state index in [0.29, 0.717) is 0 Å². The van der Waals surface area contributed by atoms with Gasteiger partial charge < -0.3 is 5.73 Å². The van der Waals surface area contributed by atoms with E-state index in [4.69, 9.17) is 5.73 Å². The third kappa shape index (κ3) is 3.43. The summed E-state index contributed by atoms with van der Waals surface area (Å²) in [4.78, 5) is 2.16. The van der Waals surface area contributed by atoms with Gasteiger partial charge in [-0.3, -0.25) is 9.58 Å². The number of hydrogen-bond acceptors (Lipinski definition) is 3. The van der Waals surface area contributed by atoms with Gasteiger partial charge >= 0.3 is 0 Å².